The molecule has 2 unspecified atom stereocenters. The summed E-state index contributed by atoms with van der Waals surface area (Å²) in [7, 11) is 0. The second-order valence-electron chi connectivity index (χ2n) is 6.12. The average Bonchev–Trinajstić information content (AvgIpc) is 3.11. The van der Waals surface area contributed by atoms with E-state index in [2.05, 4.69) is 15.6 Å². The lowest BCUT2D eigenvalue weighted by atomic mass is 9.96. The molecule has 0 saturated carbocycles. The highest BCUT2D eigenvalue weighted by atomic mass is 35.5. The number of carbonyl (C=O) groups excluding carboxylic acids is 2. The third kappa shape index (κ3) is 4.00. The summed E-state index contributed by atoms with van der Waals surface area (Å²) in [5.74, 6) is 0.341. The normalized spacial score (nSPS) is 24.5. The number of hydrogen-bond acceptors (Lipinski definition) is 4. The van der Waals surface area contributed by atoms with Crippen molar-refractivity contribution in [1.82, 2.24) is 15.2 Å². The molecule has 2 saturated heterocycles. The Morgan fingerprint density at radius 3 is 2.87 bits per heavy atom. The number of nitrogens with zero attached hydrogens (tertiary/aromatic N) is 2. The molecule has 0 bridgehead atoms. The smallest absolute Gasteiger partial charge is 0.239 e. The van der Waals surface area contributed by atoms with E-state index in [0.29, 0.717) is 17.4 Å². The number of rotatable bonds is 3. The maximum atomic E-state index is 12.5. The topological polar surface area (TPSA) is 74.3 Å². The van der Waals surface area contributed by atoms with Gasteiger partial charge in [-0.1, -0.05) is 11.6 Å². The van der Waals surface area contributed by atoms with E-state index < -0.39 is 0 Å². The molecule has 3 rings (SSSR count). The lowest BCUT2D eigenvalue weighted by Gasteiger charge is -2.33. The molecule has 2 aliphatic rings. The van der Waals surface area contributed by atoms with Gasteiger partial charge >= 0.3 is 0 Å². The zero-order chi connectivity index (χ0) is 16.2. The third-order valence-corrected chi connectivity index (χ3v) is 4.66. The van der Waals surface area contributed by atoms with Gasteiger partial charge in [0.05, 0.1) is 17.0 Å². The minimum absolute atomic E-state index is 0.0743. The van der Waals surface area contributed by atoms with Crippen molar-refractivity contribution < 1.29 is 9.59 Å². The summed E-state index contributed by atoms with van der Waals surface area (Å²) >= 11 is 5.79. The van der Waals surface area contributed by atoms with E-state index in [1.807, 2.05) is 4.90 Å². The van der Waals surface area contributed by atoms with Gasteiger partial charge in [-0.05, 0) is 44.4 Å². The molecular formula is C16H21ClN4O2. The van der Waals surface area contributed by atoms with Gasteiger partial charge in [-0.15, -0.1) is 0 Å². The zero-order valence-electron chi connectivity index (χ0n) is 12.9. The van der Waals surface area contributed by atoms with Gasteiger partial charge in [0.2, 0.25) is 11.8 Å². The van der Waals surface area contributed by atoms with E-state index in [4.69, 9.17) is 11.6 Å². The molecule has 23 heavy (non-hydrogen) atoms. The first-order valence-corrected chi connectivity index (χ1v) is 8.46. The van der Waals surface area contributed by atoms with E-state index in [-0.39, 0.29) is 23.8 Å². The summed E-state index contributed by atoms with van der Waals surface area (Å²) in [5.41, 5.74) is 0. The monoisotopic (exact) mass is 336 g/mol. The Morgan fingerprint density at radius 1 is 1.30 bits per heavy atom. The molecule has 2 N–H and O–H groups in total. The number of carbonyl (C=O) groups is 2. The highest BCUT2D eigenvalue weighted by Crippen LogP contribution is 2.21. The Morgan fingerprint density at radius 2 is 2.17 bits per heavy atom. The van der Waals surface area contributed by atoms with Gasteiger partial charge in [-0.2, -0.15) is 0 Å². The van der Waals surface area contributed by atoms with E-state index in [1.54, 1.807) is 12.1 Å². The van der Waals surface area contributed by atoms with Gasteiger partial charge in [0, 0.05) is 19.3 Å². The van der Waals surface area contributed by atoms with Crippen LogP contribution in [0.2, 0.25) is 5.02 Å². The number of hydrogen-bond donors (Lipinski definition) is 2. The molecule has 2 amide bonds. The number of anilines is 1. The van der Waals surface area contributed by atoms with Crippen molar-refractivity contribution >= 4 is 29.2 Å². The van der Waals surface area contributed by atoms with Crippen molar-refractivity contribution in [2.75, 3.05) is 25.0 Å². The second-order valence-corrected chi connectivity index (χ2v) is 6.56. The molecule has 2 aliphatic heterocycles. The molecule has 2 fully saturated rings. The Hall–Kier alpha value is -1.66. The second kappa shape index (κ2) is 7.27. The molecule has 0 aliphatic carbocycles. The fraction of sp³-hybridized carbons (Fsp3) is 0.562. The molecular weight excluding hydrogens is 316 g/mol. The highest BCUT2D eigenvalue weighted by Gasteiger charge is 2.32. The Labute approximate surface area is 140 Å². The van der Waals surface area contributed by atoms with Crippen LogP contribution in [0.5, 0.6) is 0 Å². The quantitative estimate of drug-likeness (QED) is 0.880. The number of pyridine rings is 1. The first kappa shape index (κ1) is 16.2. The van der Waals surface area contributed by atoms with Gasteiger partial charge < -0.3 is 15.5 Å². The van der Waals surface area contributed by atoms with Gasteiger partial charge in [0.25, 0.3) is 0 Å². The molecule has 3 heterocycles. The molecule has 124 valence electrons. The van der Waals surface area contributed by atoms with E-state index >= 15 is 0 Å². The summed E-state index contributed by atoms with van der Waals surface area (Å²) in [6, 6.07) is 3.29. The standard InChI is InChI=1S/C16H21ClN4O2/c17-12-5-6-14(19-9-12)20-15(22)11-3-2-8-21(10-11)16(23)13-4-1-7-18-13/h5-6,9,11,13,18H,1-4,7-8,10H2,(H,19,20,22). The van der Waals surface area contributed by atoms with Gasteiger partial charge in [-0.3, -0.25) is 9.59 Å². The van der Waals surface area contributed by atoms with Gasteiger partial charge in [-0.25, -0.2) is 4.98 Å². The van der Waals surface area contributed by atoms with Crippen LogP contribution in [0.1, 0.15) is 25.7 Å². The summed E-state index contributed by atoms with van der Waals surface area (Å²) in [4.78, 5) is 30.8. The minimum Gasteiger partial charge on any atom is -0.341 e. The van der Waals surface area contributed by atoms with Crippen LogP contribution in [0.4, 0.5) is 5.82 Å². The molecule has 1 aromatic heterocycles. The van der Waals surface area contributed by atoms with E-state index in [1.165, 1.54) is 6.20 Å². The summed E-state index contributed by atoms with van der Waals surface area (Å²) in [6.07, 6.45) is 5.07. The lowest BCUT2D eigenvalue weighted by Crippen LogP contribution is -2.49. The molecule has 0 aromatic carbocycles. The number of nitrogens with one attached hydrogen (secondary N) is 2. The van der Waals surface area contributed by atoms with Crippen molar-refractivity contribution in [3.05, 3.63) is 23.4 Å². The predicted molar refractivity (Wildman–Crippen MR) is 88.2 cm³/mol. The summed E-state index contributed by atoms with van der Waals surface area (Å²) < 4.78 is 0. The number of likely N-dealkylation sites (tertiary alicyclic amines) is 1. The molecule has 7 heteroatoms. The van der Waals surface area contributed by atoms with Crippen molar-refractivity contribution in [3.8, 4) is 0 Å². The molecule has 2 atom stereocenters. The van der Waals surface area contributed by atoms with Crippen LogP contribution in [0.3, 0.4) is 0 Å². The van der Waals surface area contributed by atoms with Crippen LogP contribution in [0.25, 0.3) is 0 Å². The van der Waals surface area contributed by atoms with Crippen LogP contribution < -0.4 is 10.6 Å². The van der Waals surface area contributed by atoms with Gasteiger partial charge in [0.1, 0.15) is 5.82 Å². The van der Waals surface area contributed by atoms with Crippen molar-refractivity contribution in [2.45, 2.75) is 31.7 Å². The summed E-state index contributed by atoms with van der Waals surface area (Å²) in [6.45, 7) is 2.12. The third-order valence-electron chi connectivity index (χ3n) is 4.44. The van der Waals surface area contributed by atoms with Crippen molar-refractivity contribution in [3.63, 3.8) is 0 Å². The lowest BCUT2D eigenvalue weighted by molar-refractivity contribution is -0.136. The minimum atomic E-state index is -0.188. The van der Waals surface area contributed by atoms with Crippen molar-refractivity contribution in [2.24, 2.45) is 5.92 Å². The Balaban J connectivity index is 1.57. The SMILES string of the molecule is O=C(Nc1ccc(Cl)cn1)C1CCCN(C(=O)C2CCCN2)C1. The number of piperidine rings is 1. The predicted octanol–water partition coefficient (Wildman–Crippen LogP) is 1.66. The fourth-order valence-corrected chi connectivity index (χ4v) is 3.30. The molecule has 0 spiro atoms. The maximum Gasteiger partial charge on any atom is 0.239 e. The highest BCUT2D eigenvalue weighted by molar-refractivity contribution is 6.30. The van der Waals surface area contributed by atoms with E-state index in [0.717, 1.165) is 38.8 Å². The Kier molecular flexibility index (Phi) is 5.13. The largest absolute Gasteiger partial charge is 0.341 e. The van der Waals surface area contributed by atoms with Crippen LogP contribution in [-0.2, 0) is 9.59 Å². The first-order chi connectivity index (χ1) is 11.1. The number of amides is 2. The number of aromatic nitrogens is 1. The number of halogens is 1. The summed E-state index contributed by atoms with van der Waals surface area (Å²) in [5, 5.41) is 6.56. The van der Waals surface area contributed by atoms with Crippen molar-refractivity contribution in [1.29, 1.82) is 0 Å². The van der Waals surface area contributed by atoms with Crippen LogP contribution in [-0.4, -0.2) is 47.4 Å². The zero-order valence-corrected chi connectivity index (χ0v) is 13.7. The first-order valence-electron chi connectivity index (χ1n) is 8.08. The van der Waals surface area contributed by atoms with Gasteiger partial charge in [0.15, 0.2) is 0 Å². The molecule has 6 nitrogen and oxygen atoms in total. The molecule has 0 radical (unpaired) electrons. The fourth-order valence-electron chi connectivity index (χ4n) is 3.19. The van der Waals surface area contributed by atoms with Crippen LogP contribution in [0.15, 0.2) is 18.3 Å². The Bertz CT molecular complexity index is 572. The van der Waals surface area contributed by atoms with Crippen LogP contribution in [0, 0.1) is 5.92 Å². The average molecular weight is 337 g/mol. The van der Waals surface area contributed by atoms with Crippen LogP contribution >= 0.6 is 11.6 Å². The molecule has 1 aromatic rings. The van der Waals surface area contributed by atoms with E-state index in [9.17, 15) is 9.59 Å². The maximum absolute atomic E-state index is 12.5.